The van der Waals surface area contributed by atoms with Gasteiger partial charge in [0.1, 0.15) is 0 Å². The number of nitrogens with one attached hydrogen (secondary N) is 2. The Morgan fingerprint density at radius 1 is 1.17 bits per heavy atom. The van der Waals surface area contributed by atoms with E-state index in [4.69, 9.17) is 12.2 Å². The van der Waals surface area contributed by atoms with Crippen LogP contribution in [-0.2, 0) is 11.3 Å². The molecule has 0 radical (unpaired) electrons. The average molecular weight is 327 g/mol. The molecule has 2 aromatic rings. The normalized spacial score (nSPS) is 10.3. The van der Waals surface area contributed by atoms with Gasteiger partial charge in [-0.1, -0.05) is 42.5 Å². The van der Waals surface area contributed by atoms with Crippen molar-refractivity contribution in [2.24, 2.45) is 5.10 Å². The number of thiocarbonyl (C=S) groups is 1. The lowest BCUT2D eigenvalue weighted by atomic mass is 10.1. The highest BCUT2D eigenvalue weighted by Crippen LogP contribution is 2.03. The van der Waals surface area contributed by atoms with E-state index < -0.39 is 0 Å². The minimum Gasteiger partial charge on any atom is -0.465 e. The molecule has 118 valence electrons. The second-order valence-corrected chi connectivity index (χ2v) is 5.06. The molecule has 0 saturated heterocycles. The molecule has 0 unspecified atom stereocenters. The predicted octanol–water partition coefficient (Wildman–Crippen LogP) is 2.47. The lowest BCUT2D eigenvalue weighted by molar-refractivity contribution is 0.0600. The fourth-order valence-corrected chi connectivity index (χ4v) is 1.93. The predicted molar refractivity (Wildman–Crippen MR) is 94.4 cm³/mol. The first-order chi connectivity index (χ1) is 11.2. The summed E-state index contributed by atoms with van der Waals surface area (Å²) in [6.07, 6.45) is 1.62. The fraction of sp³-hybridized carbons (Fsp3) is 0.118. The molecule has 0 aliphatic heterocycles. The van der Waals surface area contributed by atoms with E-state index in [0.717, 1.165) is 11.1 Å². The van der Waals surface area contributed by atoms with E-state index in [-0.39, 0.29) is 5.97 Å². The molecule has 0 fully saturated rings. The van der Waals surface area contributed by atoms with Gasteiger partial charge in [0.15, 0.2) is 5.11 Å². The highest BCUT2D eigenvalue weighted by atomic mass is 32.1. The van der Waals surface area contributed by atoms with Crippen LogP contribution in [0.15, 0.2) is 59.7 Å². The molecule has 0 bridgehead atoms. The van der Waals surface area contributed by atoms with Crippen LogP contribution in [0.2, 0.25) is 0 Å². The second-order valence-electron chi connectivity index (χ2n) is 4.65. The lowest BCUT2D eigenvalue weighted by Gasteiger charge is -2.06. The van der Waals surface area contributed by atoms with Crippen LogP contribution in [-0.4, -0.2) is 24.4 Å². The maximum Gasteiger partial charge on any atom is 0.337 e. The molecule has 5 nitrogen and oxygen atoms in total. The molecular formula is C17H17N3O2S. The Labute approximate surface area is 140 Å². The lowest BCUT2D eigenvalue weighted by Crippen LogP contribution is -2.31. The van der Waals surface area contributed by atoms with Gasteiger partial charge >= 0.3 is 5.97 Å². The summed E-state index contributed by atoms with van der Waals surface area (Å²) in [4.78, 5) is 11.3. The van der Waals surface area contributed by atoms with Crippen molar-refractivity contribution < 1.29 is 9.53 Å². The molecule has 0 amide bonds. The maximum absolute atomic E-state index is 11.3. The van der Waals surface area contributed by atoms with Gasteiger partial charge in [-0.2, -0.15) is 5.10 Å². The summed E-state index contributed by atoms with van der Waals surface area (Å²) in [5, 5.41) is 7.56. The Kier molecular flexibility index (Phi) is 6.26. The number of ether oxygens (including phenoxy) is 1. The summed E-state index contributed by atoms with van der Waals surface area (Å²) in [5.41, 5.74) is 5.23. The van der Waals surface area contributed by atoms with Gasteiger partial charge in [0.2, 0.25) is 0 Å². The van der Waals surface area contributed by atoms with E-state index >= 15 is 0 Å². The topological polar surface area (TPSA) is 62.7 Å². The van der Waals surface area contributed by atoms with E-state index in [1.54, 1.807) is 30.5 Å². The molecule has 2 rings (SSSR count). The maximum atomic E-state index is 11.3. The molecule has 6 heteroatoms. The summed E-state index contributed by atoms with van der Waals surface area (Å²) in [5.74, 6) is -0.363. The average Bonchev–Trinajstić information content (AvgIpc) is 2.61. The monoisotopic (exact) mass is 327 g/mol. The van der Waals surface area contributed by atoms with E-state index in [1.807, 2.05) is 30.3 Å². The van der Waals surface area contributed by atoms with Crippen molar-refractivity contribution in [1.29, 1.82) is 0 Å². The Balaban J connectivity index is 1.79. The number of methoxy groups -OCH3 is 1. The molecule has 0 aliphatic rings. The quantitative estimate of drug-likeness (QED) is 0.382. The molecule has 0 aromatic heterocycles. The van der Waals surface area contributed by atoms with E-state index in [9.17, 15) is 4.79 Å². The first-order valence-electron chi connectivity index (χ1n) is 6.98. The highest BCUT2D eigenvalue weighted by molar-refractivity contribution is 7.80. The van der Waals surface area contributed by atoms with Crippen molar-refractivity contribution in [2.45, 2.75) is 6.54 Å². The number of esters is 1. The van der Waals surface area contributed by atoms with Crippen molar-refractivity contribution in [1.82, 2.24) is 10.7 Å². The van der Waals surface area contributed by atoms with Gasteiger partial charge < -0.3 is 10.1 Å². The van der Waals surface area contributed by atoms with Gasteiger partial charge in [0, 0.05) is 6.54 Å². The Morgan fingerprint density at radius 2 is 1.87 bits per heavy atom. The van der Waals surface area contributed by atoms with Crippen LogP contribution in [0.4, 0.5) is 0 Å². The molecule has 0 aliphatic carbocycles. The van der Waals surface area contributed by atoms with Gasteiger partial charge in [0.25, 0.3) is 0 Å². The second kappa shape index (κ2) is 8.65. The third-order valence-electron chi connectivity index (χ3n) is 3.01. The zero-order valence-corrected chi connectivity index (χ0v) is 13.5. The van der Waals surface area contributed by atoms with Gasteiger partial charge in [-0.3, -0.25) is 5.43 Å². The van der Waals surface area contributed by atoms with Crippen LogP contribution in [0, 0.1) is 0 Å². The van der Waals surface area contributed by atoms with Crippen LogP contribution >= 0.6 is 12.2 Å². The van der Waals surface area contributed by atoms with Crippen LogP contribution in [0.5, 0.6) is 0 Å². The van der Waals surface area contributed by atoms with E-state index in [1.165, 1.54) is 7.11 Å². The number of hydrogen-bond donors (Lipinski definition) is 2. The van der Waals surface area contributed by atoms with Crippen LogP contribution < -0.4 is 10.7 Å². The number of nitrogens with zero attached hydrogens (tertiary/aromatic N) is 1. The Morgan fingerprint density at radius 3 is 2.52 bits per heavy atom. The third kappa shape index (κ3) is 5.52. The van der Waals surface area contributed by atoms with Crippen LogP contribution in [0.3, 0.4) is 0 Å². The number of carbonyl (C=O) groups excluding carboxylic acids is 1. The summed E-state index contributed by atoms with van der Waals surface area (Å²) in [6.45, 7) is 0.635. The largest absolute Gasteiger partial charge is 0.465 e. The van der Waals surface area contributed by atoms with Gasteiger partial charge in [0.05, 0.1) is 18.9 Å². The molecule has 2 aromatic carbocycles. The molecule has 0 spiro atoms. The smallest absolute Gasteiger partial charge is 0.337 e. The number of hydrogen-bond acceptors (Lipinski definition) is 4. The van der Waals surface area contributed by atoms with Crippen molar-refractivity contribution >= 4 is 29.5 Å². The van der Waals surface area contributed by atoms with Gasteiger partial charge in [-0.25, -0.2) is 4.79 Å². The van der Waals surface area contributed by atoms with Crippen molar-refractivity contribution in [3.63, 3.8) is 0 Å². The third-order valence-corrected chi connectivity index (χ3v) is 3.24. The molecule has 23 heavy (non-hydrogen) atoms. The standard InChI is InChI=1S/C17H17N3O2S/c1-22-16(21)15-9-7-14(8-10-15)12-19-20-17(23)18-11-13-5-3-2-4-6-13/h2-10,12H,11H2,1H3,(H2,18,20,23)/b19-12+. The van der Waals surface area contributed by atoms with E-state index in [2.05, 4.69) is 20.6 Å². The number of hydrazone groups is 1. The Bertz CT molecular complexity index is 685. The first-order valence-corrected chi connectivity index (χ1v) is 7.39. The van der Waals surface area contributed by atoms with Gasteiger partial charge in [-0.05, 0) is 35.5 Å². The Hall–Kier alpha value is -2.73. The number of carbonyl (C=O) groups is 1. The van der Waals surface area contributed by atoms with Crippen LogP contribution in [0.25, 0.3) is 0 Å². The highest BCUT2D eigenvalue weighted by Gasteiger charge is 2.03. The molecule has 0 heterocycles. The number of rotatable bonds is 5. The molecule has 0 saturated carbocycles. The zero-order valence-electron chi connectivity index (χ0n) is 12.7. The van der Waals surface area contributed by atoms with E-state index in [0.29, 0.717) is 17.2 Å². The summed E-state index contributed by atoms with van der Waals surface area (Å²) >= 11 is 5.14. The number of benzene rings is 2. The molecular weight excluding hydrogens is 310 g/mol. The summed E-state index contributed by atoms with van der Waals surface area (Å²) in [6, 6.07) is 16.9. The molecule has 2 N–H and O–H groups in total. The van der Waals surface area contributed by atoms with Gasteiger partial charge in [-0.15, -0.1) is 0 Å². The van der Waals surface area contributed by atoms with Crippen molar-refractivity contribution in [3.8, 4) is 0 Å². The van der Waals surface area contributed by atoms with Crippen LogP contribution in [0.1, 0.15) is 21.5 Å². The minimum absolute atomic E-state index is 0.363. The first kappa shape index (κ1) is 16.6. The van der Waals surface area contributed by atoms with Crippen molar-refractivity contribution in [3.05, 3.63) is 71.3 Å². The fourth-order valence-electron chi connectivity index (χ4n) is 1.81. The SMILES string of the molecule is COC(=O)c1ccc(/C=N/NC(=S)NCc2ccccc2)cc1. The zero-order chi connectivity index (χ0) is 16.5. The summed E-state index contributed by atoms with van der Waals surface area (Å²) in [7, 11) is 1.35. The summed E-state index contributed by atoms with van der Waals surface area (Å²) < 4.78 is 4.64. The van der Waals surface area contributed by atoms with Crippen molar-refractivity contribution in [2.75, 3.05) is 7.11 Å². The minimum atomic E-state index is -0.363. The molecule has 0 atom stereocenters.